The largest absolute Gasteiger partial charge is 0.497 e. The number of benzene rings is 2. The molecular formula is C20H20N2O4S. The van der Waals surface area contributed by atoms with Gasteiger partial charge < -0.3 is 19.5 Å². The summed E-state index contributed by atoms with van der Waals surface area (Å²) in [6.07, 6.45) is 0. The molecule has 0 radical (unpaired) electrons. The number of aromatic nitrogens is 1. The van der Waals surface area contributed by atoms with E-state index in [9.17, 15) is 4.79 Å². The minimum atomic E-state index is -0.256. The summed E-state index contributed by atoms with van der Waals surface area (Å²) in [6, 6.07) is 12.2. The average Bonchev–Trinajstić information content (AvgIpc) is 3.12. The molecule has 1 amide bonds. The number of hydrogen-bond acceptors (Lipinski definition) is 6. The van der Waals surface area contributed by atoms with E-state index in [0.29, 0.717) is 35.1 Å². The Morgan fingerprint density at radius 1 is 1.11 bits per heavy atom. The topological polar surface area (TPSA) is 69.7 Å². The molecule has 1 aromatic heterocycles. The second-order valence-corrected chi connectivity index (χ2v) is 6.76. The predicted molar refractivity (Wildman–Crippen MR) is 105 cm³/mol. The van der Waals surface area contributed by atoms with E-state index in [2.05, 4.69) is 10.3 Å². The first-order chi connectivity index (χ1) is 13.1. The number of methoxy groups -OCH3 is 2. The molecule has 0 saturated carbocycles. The lowest BCUT2D eigenvalue weighted by Gasteiger charge is -2.12. The third-order valence-corrected chi connectivity index (χ3v) is 4.63. The number of hydrogen-bond donors (Lipinski definition) is 1. The number of nitrogens with zero attached hydrogens (tertiary/aromatic N) is 1. The van der Waals surface area contributed by atoms with E-state index in [1.807, 2.05) is 18.4 Å². The first-order valence-electron chi connectivity index (χ1n) is 8.26. The summed E-state index contributed by atoms with van der Waals surface area (Å²) in [5.74, 6) is 1.52. The zero-order valence-electron chi connectivity index (χ0n) is 15.3. The number of ether oxygens (including phenoxy) is 3. The molecule has 3 aromatic rings. The van der Waals surface area contributed by atoms with Crippen LogP contribution in [0.5, 0.6) is 17.2 Å². The summed E-state index contributed by atoms with van der Waals surface area (Å²) in [5.41, 5.74) is 1.92. The number of amides is 1. The van der Waals surface area contributed by atoms with E-state index in [1.165, 1.54) is 0 Å². The molecule has 1 N–H and O–H groups in total. The highest BCUT2D eigenvalue weighted by molar-refractivity contribution is 7.09. The third kappa shape index (κ3) is 4.77. The molecule has 0 aliphatic rings. The number of aryl methyl sites for hydroxylation is 1. The number of rotatable bonds is 7. The van der Waals surface area contributed by atoms with Crippen molar-refractivity contribution in [2.45, 2.75) is 13.5 Å². The predicted octanol–water partition coefficient (Wildman–Crippen LogP) is 4.30. The highest BCUT2D eigenvalue weighted by Gasteiger charge is 2.12. The molecule has 0 fully saturated rings. The van der Waals surface area contributed by atoms with Crippen molar-refractivity contribution in [3.63, 3.8) is 0 Å². The number of thiazole rings is 1. The van der Waals surface area contributed by atoms with Gasteiger partial charge in [-0.25, -0.2) is 4.98 Å². The van der Waals surface area contributed by atoms with Crippen molar-refractivity contribution in [1.82, 2.24) is 4.98 Å². The summed E-state index contributed by atoms with van der Waals surface area (Å²) in [4.78, 5) is 17.0. The van der Waals surface area contributed by atoms with Gasteiger partial charge in [0.25, 0.3) is 5.91 Å². The minimum absolute atomic E-state index is 0.256. The lowest BCUT2D eigenvalue weighted by Crippen LogP contribution is -2.12. The molecule has 0 spiro atoms. The van der Waals surface area contributed by atoms with Crippen molar-refractivity contribution in [3.8, 4) is 17.2 Å². The molecule has 27 heavy (non-hydrogen) atoms. The van der Waals surface area contributed by atoms with Crippen LogP contribution < -0.4 is 19.5 Å². The highest BCUT2D eigenvalue weighted by Crippen LogP contribution is 2.29. The Bertz CT molecular complexity index is 939. The number of nitrogens with one attached hydrogen (secondary N) is 1. The maximum absolute atomic E-state index is 12.6. The van der Waals surface area contributed by atoms with Gasteiger partial charge in [-0.3, -0.25) is 4.79 Å². The van der Waals surface area contributed by atoms with E-state index < -0.39 is 0 Å². The zero-order chi connectivity index (χ0) is 19.2. The second kappa shape index (κ2) is 8.55. The van der Waals surface area contributed by atoms with Gasteiger partial charge in [0.15, 0.2) is 0 Å². The molecule has 0 atom stereocenters. The van der Waals surface area contributed by atoms with Crippen LogP contribution in [0.25, 0.3) is 0 Å². The van der Waals surface area contributed by atoms with Gasteiger partial charge in [-0.05, 0) is 37.3 Å². The quantitative estimate of drug-likeness (QED) is 0.658. The highest BCUT2D eigenvalue weighted by atomic mass is 32.1. The van der Waals surface area contributed by atoms with Crippen LogP contribution in [0.3, 0.4) is 0 Å². The maximum atomic E-state index is 12.6. The molecule has 0 aliphatic heterocycles. The third-order valence-electron chi connectivity index (χ3n) is 3.81. The fraction of sp³-hybridized carbons (Fsp3) is 0.200. The summed E-state index contributed by atoms with van der Waals surface area (Å²) in [6.45, 7) is 2.31. The van der Waals surface area contributed by atoms with Crippen LogP contribution in [-0.2, 0) is 6.61 Å². The fourth-order valence-electron chi connectivity index (χ4n) is 2.46. The SMILES string of the molecule is COc1ccc(NC(=O)c2cccc(OCc3csc(C)n3)c2)c(OC)c1. The molecule has 2 aromatic carbocycles. The monoisotopic (exact) mass is 384 g/mol. The van der Waals surface area contributed by atoms with Gasteiger partial charge in [0.05, 0.1) is 30.6 Å². The van der Waals surface area contributed by atoms with Crippen LogP contribution >= 0.6 is 11.3 Å². The molecule has 7 heteroatoms. The van der Waals surface area contributed by atoms with Crippen LogP contribution in [0.1, 0.15) is 21.1 Å². The maximum Gasteiger partial charge on any atom is 0.255 e. The van der Waals surface area contributed by atoms with Gasteiger partial charge in [-0.2, -0.15) is 0 Å². The summed E-state index contributed by atoms with van der Waals surface area (Å²) in [7, 11) is 3.12. The number of carbonyl (C=O) groups is 1. The summed E-state index contributed by atoms with van der Waals surface area (Å²) in [5, 5.41) is 5.80. The molecule has 0 bridgehead atoms. The molecular weight excluding hydrogens is 364 g/mol. The lowest BCUT2D eigenvalue weighted by atomic mass is 10.2. The Morgan fingerprint density at radius 2 is 1.96 bits per heavy atom. The van der Waals surface area contributed by atoms with E-state index in [0.717, 1.165) is 10.7 Å². The van der Waals surface area contributed by atoms with E-state index in [-0.39, 0.29) is 5.91 Å². The smallest absolute Gasteiger partial charge is 0.255 e. The standard InChI is InChI=1S/C20H20N2O4S/c1-13-21-15(12-27-13)11-26-17-6-4-5-14(9-17)20(23)22-18-8-7-16(24-2)10-19(18)25-3/h4-10,12H,11H2,1-3H3,(H,22,23). The van der Waals surface area contributed by atoms with E-state index in [1.54, 1.807) is 62.0 Å². The lowest BCUT2D eigenvalue weighted by molar-refractivity contribution is 0.102. The molecule has 1 heterocycles. The van der Waals surface area contributed by atoms with Gasteiger partial charge in [-0.1, -0.05) is 6.07 Å². The minimum Gasteiger partial charge on any atom is -0.497 e. The Balaban J connectivity index is 1.70. The molecule has 140 valence electrons. The van der Waals surface area contributed by atoms with Crippen LogP contribution in [0, 0.1) is 6.92 Å². The van der Waals surface area contributed by atoms with Crippen LogP contribution in [0.4, 0.5) is 5.69 Å². The van der Waals surface area contributed by atoms with Gasteiger partial charge in [-0.15, -0.1) is 11.3 Å². The van der Waals surface area contributed by atoms with Crippen LogP contribution in [0.15, 0.2) is 47.8 Å². The van der Waals surface area contributed by atoms with Crippen molar-refractivity contribution >= 4 is 22.9 Å². The Kier molecular flexibility index (Phi) is 5.93. The van der Waals surface area contributed by atoms with E-state index >= 15 is 0 Å². The second-order valence-electron chi connectivity index (χ2n) is 5.69. The Hall–Kier alpha value is -3.06. The summed E-state index contributed by atoms with van der Waals surface area (Å²) >= 11 is 1.58. The zero-order valence-corrected chi connectivity index (χ0v) is 16.1. The van der Waals surface area contributed by atoms with Crippen LogP contribution in [-0.4, -0.2) is 25.1 Å². The van der Waals surface area contributed by atoms with Crippen molar-refractivity contribution in [2.75, 3.05) is 19.5 Å². The van der Waals surface area contributed by atoms with Crippen molar-refractivity contribution < 1.29 is 19.0 Å². The van der Waals surface area contributed by atoms with Gasteiger partial charge >= 0.3 is 0 Å². The van der Waals surface area contributed by atoms with Crippen molar-refractivity contribution in [3.05, 3.63) is 64.1 Å². The van der Waals surface area contributed by atoms with Crippen LogP contribution in [0.2, 0.25) is 0 Å². The summed E-state index contributed by atoms with van der Waals surface area (Å²) < 4.78 is 16.2. The Labute approximate surface area is 161 Å². The number of carbonyl (C=O) groups excluding carboxylic acids is 1. The fourth-order valence-corrected chi connectivity index (χ4v) is 3.05. The van der Waals surface area contributed by atoms with Gasteiger partial charge in [0, 0.05) is 17.0 Å². The molecule has 0 aliphatic carbocycles. The normalized spacial score (nSPS) is 10.3. The molecule has 6 nitrogen and oxygen atoms in total. The van der Waals surface area contributed by atoms with Crippen molar-refractivity contribution in [2.24, 2.45) is 0 Å². The first kappa shape index (κ1) is 18.7. The Morgan fingerprint density at radius 3 is 2.67 bits per heavy atom. The van der Waals surface area contributed by atoms with Crippen molar-refractivity contribution in [1.29, 1.82) is 0 Å². The first-order valence-corrected chi connectivity index (χ1v) is 9.14. The average molecular weight is 384 g/mol. The van der Waals surface area contributed by atoms with Gasteiger partial charge in [0.2, 0.25) is 0 Å². The van der Waals surface area contributed by atoms with Gasteiger partial charge in [0.1, 0.15) is 23.9 Å². The molecule has 0 saturated heterocycles. The number of anilines is 1. The molecule has 3 rings (SSSR count). The van der Waals surface area contributed by atoms with E-state index in [4.69, 9.17) is 14.2 Å². The molecule has 0 unspecified atom stereocenters.